The first-order valence-electron chi connectivity index (χ1n) is 9.88. The summed E-state index contributed by atoms with van der Waals surface area (Å²) < 4.78 is 0. The lowest BCUT2D eigenvalue weighted by Gasteiger charge is -2.44. The molecule has 7 nitrogen and oxygen atoms in total. The number of aryl methyl sites for hydroxylation is 1. The lowest BCUT2D eigenvalue weighted by molar-refractivity contribution is -0.138. The highest BCUT2D eigenvalue weighted by Crippen LogP contribution is 2.34. The summed E-state index contributed by atoms with van der Waals surface area (Å²) in [7, 11) is 1.79. The van der Waals surface area contributed by atoms with E-state index in [0.29, 0.717) is 6.54 Å². The van der Waals surface area contributed by atoms with Crippen LogP contribution in [0, 0.1) is 13.8 Å². The molecule has 1 aromatic rings. The standard InChI is InChI=1S/C20H29N5O2/c1-5-10-25-18(26)16-17(22(4)20(25)27)21-19-23(11-7-12-24(16)19)15-9-6-8-13(2)14(15)3/h6,8-9,16-17,19,21H,5,7,10-12H2,1-4H3. The molecule has 4 rings (SSSR count). The van der Waals surface area contributed by atoms with Crippen LogP contribution in [-0.4, -0.2) is 71.8 Å². The van der Waals surface area contributed by atoms with E-state index in [1.807, 2.05) is 6.92 Å². The second-order valence-corrected chi connectivity index (χ2v) is 7.82. The van der Waals surface area contributed by atoms with Crippen molar-refractivity contribution < 1.29 is 9.59 Å². The number of hydrogen-bond donors (Lipinski definition) is 1. The van der Waals surface area contributed by atoms with Crippen molar-refractivity contribution in [1.29, 1.82) is 0 Å². The van der Waals surface area contributed by atoms with E-state index in [1.54, 1.807) is 11.9 Å². The number of carbonyl (C=O) groups excluding carboxylic acids is 2. The zero-order valence-corrected chi connectivity index (χ0v) is 16.6. The number of benzene rings is 1. The largest absolute Gasteiger partial charge is 0.343 e. The van der Waals surface area contributed by atoms with Gasteiger partial charge < -0.3 is 9.80 Å². The van der Waals surface area contributed by atoms with E-state index >= 15 is 0 Å². The summed E-state index contributed by atoms with van der Waals surface area (Å²) in [5, 5.41) is 3.57. The van der Waals surface area contributed by atoms with Gasteiger partial charge >= 0.3 is 6.03 Å². The Morgan fingerprint density at radius 1 is 1.19 bits per heavy atom. The molecule has 0 aromatic heterocycles. The number of nitrogens with one attached hydrogen (secondary N) is 1. The van der Waals surface area contributed by atoms with Crippen molar-refractivity contribution in [3.8, 4) is 0 Å². The number of anilines is 1. The second-order valence-electron chi connectivity index (χ2n) is 7.82. The molecule has 3 fully saturated rings. The maximum absolute atomic E-state index is 13.2. The number of urea groups is 1. The minimum absolute atomic E-state index is 0.0669. The van der Waals surface area contributed by atoms with Gasteiger partial charge in [-0.05, 0) is 43.9 Å². The van der Waals surface area contributed by atoms with Crippen molar-refractivity contribution in [1.82, 2.24) is 20.0 Å². The Morgan fingerprint density at radius 3 is 2.70 bits per heavy atom. The molecule has 0 radical (unpaired) electrons. The van der Waals surface area contributed by atoms with Gasteiger partial charge in [-0.3, -0.25) is 19.9 Å². The van der Waals surface area contributed by atoms with Crippen molar-refractivity contribution in [3.05, 3.63) is 29.3 Å². The van der Waals surface area contributed by atoms with Gasteiger partial charge in [0.1, 0.15) is 18.5 Å². The molecule has 3 aliphatic heterocycles. The number of nitrogens with zero attached hydrogens (tertiary/aromatic N) is 4. The maximum Gasteiger partial charge on any atom is 0.327 e. The van der Waals surface area contributed by atoms with Gasteiger partial charge in [-0.1, -0.05) is 19.1 Å². The fraction of sp³-hybridized carbons (Fsp3) is 0.600. The van der Waals surface area contributed by atoms with E-state index < -0.39 is 0 Å². The summed E-state index contributed by atoms with van der Waals surface area (Å²) in [6, 6.07) is 5.84. The summed E-state index contributed by atoms with van der Waals surface area (Å²) in [5.74, 6) is -0.0669. The Kier molecular flexibility index (Phi) is 4.60. The van der Waals surface area contributed by atoms with Crippen molar-refractivity contribution >= 4 is 17.6 Å². The quantitative estimate of drug-likeness (QED) is 0.876. The molecule has 1 N–H and O–H groups in total. The third-order valence-electron chi connectivity index (χ3n) is 6.20. The predicted molar refractivity (Wildman–Crippen MR) is 104 cm³/mol. The molecule has 146 valence electrons. The Balaban J connectivity index is 1.68. The number of amides is 3. The van der Waals surface area contributed by atoms with Crippen molar-refractivity contribution in [2.45, 2.75) is 52.1 Å². The fourth-order valence-electron chi connectivity index (χ4n) is 4.64. The molecule has 3 unspecified atom stereocenters. The topological polar surface area (TPSA) is 59.1 Å². The van der Waals surface area contributed by atoms with Gasteiger partial charge in [0.2, 0.25) is 0 Å². The van der Waals surface area contributed by atoms with Crippen LogP contribution in [0.25, 0.3) is 0 Å². The summed E-state index contributed by atoms with van der Waals surface area (Å²) in [4.78, 5) is 33.5. The molecule has 3 saturated heterocycles. The van der Waals surface area contributed by atoms with Crippen LogP contribution in [0.5, 0.6) is 0 Å². The summed E-state index contributed by atoms with van der Waals surface area (Å²) in [6.07, 6.45) is 1.41. The normalized spacial score (nSPS) is 28.6. The van der Waals surface area contributed by atoms with E-state index in [4.69, 9.17) is 0 Å². The monoisotopic (exact) mass is 371 g/mol. The highest BCUT2D eigenvalue weighted by Gasteiger charge is 2.55. The molecule has 3 amide bonds. The van der Waals surface area contributed by atoms with Crippen LogP contribution in [0.15, 0.2) is 18.2 Å². The smallest absolute Gasteiger partial charge is 0.327 e. The molecule has 3 aliphatic rings. The first-order chi connectivity index (χ1) is 13.0. The third-order valence-corrected chi connectivity index (χ3v) is 6.20. The maximum atomic E-state index is 13.2. The van der Waals surface area contributed by atoms with Crippen LogP contribution in [0.4, 0.5) is 10.5 Å². The zero-order chi connectivity index (χ0) is 19.3. The number of fused-ring (bicyclic) bond motifs is 3. The van der Waals surface area contributed by atoms with E-state index in [-0.39, 0.29) is 30.4 Å². The summed E-state index contributed by atoms with van der Waals surface area (Å²) in [6.45, 7) is 8.53. The Labute approximate surface area is 160 Å². The molecule has 1 aromatic carbocycles. The van der Waals surface area contributed by atoms with Crippen LogP contribution in [0.3, 0.4) is 0 Å². The molecule has 3 heterocycles. The number of rotatable bonds is 3. The Morgan fingerprint density at radius 2 is 1.96 bits per heavy atom. The molecular formula is C20H29N5O2. The van der Waals surface area contributed by atoms with Gasteiger partial charge in [-0.25, -0.2) is 4.79 Å². The highest BCUT2D eigenvalue weighted by atomic mass is 16.2. The molecular weight excluding hydrogens is 342 g/mol. The zero-order valence-electron chi connectivity index (χ0n) is 16.6. The first-order valence-corrected chi connectivity index (χ1v) is 9.88. The lowest BCUT2D eigenvalue weighted by atomic mass is 10.1. The minimum Gasteiger partial charge on any atom is -0.343 e. The van der Waals surface area contributed by atoms with Crippen LogP contribution in [-0.2, 0) is 4.79 Å². The molecule has 0 spiro atoms. The molecule has 0 saturated carbocycles. The van der Waals surface area contributed by atoms with E-state index in [2.05, 4.69) is 47.2 Å². The van der Waals surface area contributed by atoms with Gasteiger partial charge in [0.25, 0.3) is 5.91 Å². The molecule has 7 heteroatoms. The van der Waals surface area contributed by atoms with Crippen molar-refractivity contribution in [2.24, 2.45) is 0 Å². The van der Waals surface area contributed by atoms with Crippen LogP contribution >= 0.6 is 0 Å². The number of hydrogen-bond acceptors (Lipinski definition) is 5. The number of carbonyl (C=O) groups is 2. The fourth-order valence-corrected chi connectivity index (χ4v) is 4.64. The molecule has 0 bridgehead atoms. The van der Waals surface area contributed by atoms with Gasteiger partial charge in [-0.2, -0.15) is 0 Å². The van der Waals surface area contributed by atoms with Gasteiger partial charge in [0, 0.05) is 32.4 Å². The number of likely N-dealkylation sites (N-methyl/N-ethyl adjacent to an activating group) is 1. The van der Waals surface area contributed by atoms with E-state index in [0.717, 1.165) is 25.9 Å². The summed E-state index contributed by atoms with van der Waals surface area (Å²) in [5.41, 5.74) is 3.72. The lowest BCUT2D eigenvalue weighted by Crippen LogP contribution is -2.66. The van der Waals surface area contributed by atoms with E-state index in [9.17, 15) is 9.59 Å². The number of imide groups is 1. The highest BCUT2D eigenvalue weighted by molar-refractivity contribution is 6.00. The molecule has 3 atom stereocenters. The van der Waals surface area contributed by atoms with Crippen LogP contribution < -0.4 is 10.2 Å². The second kappa shape index (κ2) is 6.80. The SMILES string of the molecule is CCCN1C(=O)C2C(NC3N(c4cccc(C)c4C)CCCN23)N(C)C1=O. The summed E-state index contributed by atoms with van der Waals surface area (Å²) >= 11 is 0. The van der Waals surface area contributed by atoms with Gasteiger partial charge in [0.15, 0.2) is 0 Å². The first kappa shape index (κ1) is 18.3. The van der Waals surface area contributed by atoms with Crippen LogP contribution in [0.1, 0.15) is 30.9 Å². The van der Waals surface area contributed by atoms with Gasteiger partial charge in [0.05, 0.1) is 0 Å². The minimum atomic E-state index is -0.322. The van der Waals surface area contributed by atoms with E-state index in [1.165, 1.54) is 21.7 Å². The average molecular weight is 371 g/mol. The van der Waals surface area contributed by atoms with Crippen molar-refractivity contribution in [3.63, 3.8) is 0 Å². The Hall–Kier alpha value is -2.12. The van der Waals surface area contributed by atoms with Crippen molar-refractivity contribution in [2.75, 3.05) is 31.6 Å². The predicted octanol–water partition coefficient (Wildman–Crippen LogP) is 1.70. The van der Waals surface area contributed by atoms with Crippen LogP contribution in [0.2, 0.25) is 0 Å². The Bertz CT molecular complexity index is 767. The third kappa shape index (κ3) is 2.72. The van der Waals surface area contributed by atoms with Gasteiger partial charge in [-0.15, -0.1) is 0 Å². The molecule has 27 heavy (non-hydrogen) atoms. The average Bonchev–Trinajstić information content (AvgIpc) is 3.06. The molecule has 0 aliphatic carbocycles.